The van der Waals surface area contributed by atoms with Gasteiger partial charge in [-0.1, -0.05) is 13.0 Å². The molecule has 0 atom stereocenters. The van der Waals surface area contributed by atoms with Gasteiger partial charge < -0.3 is 14.8 Å². The number of rotatable bonds is 5. The standard InChI is InChI=1S/C14H16BrNO4/c1-4-9-5-6-11(10(15)7-9)16-12(14(18)20-3)8-13(17)19-2/h5-8,16H,4H2,1-3H3/b12-8+. The third kappa shape index (κ3) is 4.38. The number of halogens is 1. The van der Waals surface area contributed by atoms with E-state index in [2.05, 4.69) is 30.7 Å². The van der Waals surface area contributed by atoms with Gasteiger partial charge in [-0.05, 0) is 40.0 Å². The van der Waals surface area contributed by atoms with Crippen LogP contribution in [0.25, 0.3) is 0 Å². The first kappa shape index (κ1) is 16.2. The molecular formula is C14H16BrNO4. The second kappa shape index (κ2) is 7.69. The Morgan fingerprint density at radius 2 is 2.00 bits per heavy atom. The lowest BCUT2D eigenvalue weighted by Crippen LogP contribution is -2.15. The van der Waals surface area contributed by atoms with Gasteiger partial charge in [-0.3, -0.25) is 0 Å². The number of esters is 2. The summed E-state index contributed by atoms with van der Waals surface area (Å²) in [6, 6.07) is 5.69. The Bertz CT molecular complexity index is 540. The van der Waals surface area contributed by atoms with Crippen molar-refractivity contribution < 1.29 is 19.1 Å². The number of benzene rings is 1. The zero-order valence-corrected chi connectivity index (χ0v) is 13.1. The SMILES string of the molecule is CCc1ccc(N/C(=C/C(=O)OC)C(=O)OC)c(Br)c1. The van der Waals surface area contributed by atoms with Crippen LogP contribution in [0.4, 0.5) is 5.69 Å². The van der Waals surface area contributed by atoms with Crippen LogP contribution < -0.4 is 5.32 Å². The van der Waals surface area contributed by atoms with Crippen LogP contribution in [0, 0.1) is 0 Å². The maximum atomic E-state index is 11.6. The number of ether oxygens (including phenoxy) is 2. The molecule has 0 fully saturated rings. The van der Waals surface area contributed by atoms with Gasteiger partial charge >= 0.3 is 11.9 Å². The Morgan fingerprint density at radius 1 is 1.30 bits per heavy atom. The van der Waals surface area contributed by atoms with Crippen molar-refractivity contribution in [3.63, 3.8) is 0 Å². The molecule has 20 heavy (non-hydrogen) atoms. The first-order valence-electron chi connectivity index (χ1n) is 5.95. The highest BCUT2D eigenvalue weighted by molar-refractivity contribution is 9.10. The maximum Gasteiger partial charge on any atom is 0.354 e. The molecule has 5 nitrogen and oxygen atoms in total. The lowest BCUT2D eigenvalue weighted by molar-refractivity contribution is -0.138. The lowest BCUT2D eigenvalue weighted by Gasteiger charge is -2.11. The molecule has 0 aromatic heterocycles. The first-order chi connectivity index (χ1) is 9.51. The van der Waals surface area contributed by atoms with Gasteiger partial charge in [0, 0.05) is 4.47 Å². The van der Waals surface area contributed by atoms with Gasteiger partial charge in [0.25, 0.3) is 0 Å². The molecule has 1 rings (SSSR count). The minimum Gasteiger partial charge on any atom is -0.466 e. The Kier molecular flexibility index (Phi) is 6.24. The smallest absolute Gasteiger partial charge is 0.354 e. The first-order valence-corrected chi connectivity index (χ1v) is 6.74. The average molecular weight is 342 g/mol. The fourth-order valence-corrected chi connectivity index (χ4v) is 1.98. The fraction of sp³-hybridized carbons (Fsp3) is 0.286. The summed E-state index contributed by atoms with van der Waals surface area (Å²) in [7, 11) is 2.48. The Labute approximate surface area is 126 Å². The van der Waals surface area contributed by atoms with E-state index in [0.29, 0.717) is 5.69 Å². The van der Waals surface area contributed by atoms with Crippen molar-refractivity contribution in [3.8, 4) is 0 Å². The van der Waals surface area contributed by atoms with Crippen molar-refractivity contribution in [3.05, 3.63) is 40.0 Å². The molecule has 6 heteroatoms. The van der Waals surface area contributed by atoms with Crippen molar-refractivity contribution >= 4 is 33.6 Å². The summed E-state index contributed by atoms with van der Waals surface area (Å²) in [6.07, 6.45) is 1.95. The largest absolute Gasteiger partial charge is 0.466 e. The second-order valence-corrected chi connectivity index (χ2v) is 4.72. The topological polar surface area (TPSA) is 64.6 Å². The van der Waals surface area contributed by atoms with Crippen LogP contribution in [0.5, 0.6) is 0 Å². The molecule has 0 saturated heterocycles. The molecule has 0 spiro atoms. The maximum absolute atomic E-state index is 11.6. The van der Waals surface area contributed by atoms with Gasteiger partial charge in [0.05, 0.1) is 26.0 Å². The van der Waals surface area contributed by atoms with Crippen molar-refractivity contribution in [1.29, 1.82) is 0 Å². The van der Waals surface area contributed by atoms with E-state index in [0.717, 1.165) is 22.5 Å². The Hall–Kier alpha value is -1.82. The summed E-state index contributed by atoms with van der Waals surface area (Å²) >= 11 is 3.41. The van der Waals surface area contributed by atoms with Gasteiger partial charge in [0.15, 0.2) is 0 Å². The number of aryl methyl sites for hydroxylation is 1. The van der Waals surface area contributed by atoms with Crippen LogP contribution in [-0.2, 0) is 25.5 Å². The summed E-state index contributed by atoms with van der Waals surface area (Å²) in [4.78, 5) is 22.9. The normalized spacial score (nSPS) is 10.9. The third-order valence-corrected chi connectivity index (χ3v) is 3.24. The molecule has 0 radical (unpaired) electrons. The van der Waals surface area contributed by atoms with Crippen LogP contribution in [0.3, 0.4) is 0 Å². The molecule has 108 valence electrons. The number of carbonyl (C=O) groups excluding carboxylic acids is 2. The molecule has 1 aromatic rings. The van der Waals surface area contributed by atoms with E-state index in [-0.39, 0.29) is 5.70 Å². The molecule has 0 heterocycles. The predicted molar refractivity (Wildman–Crippen MR) is 79.3 cm³/mol. The van der Waals surface area contributed by atoms with E-state index < -0.39 is 11.9 Å². The molecular weight excluding hydrogens is 326 g/mol. The van der Waals surface area contributed by atoms with Crippen molar-refractivity contribution in [2.45, 2.75) is 13.3 Å². The molecule has 1 N–H and O–H groups in total. The van der Waals surface area contributed by atoms with Crippen LogP contribution in [0.2, 0.25) is 0 Å². The van der Waals surface area contributed by atoms with Gasteiger partial charge in [0.2, 0.25) is 0 Å². The molecule has 0 bridgehead atoms. The van der Waals surface area contributed by atoms with Crippen LogP contribution >= 0.6 is 15.9 Å². The highest BCUT2D eigenvalue weighted by Crippen LogP contribution is 2.25. The molecule has 0 aliphatic rings. The number of nitrogens with one attached hydrogen (secondary N) is 1. The zero-order valence-electron chi connectivity index (χ0n) is 11.5. The molecule has 0 aliphatic carbocycles. The minimum absolute atomic E-state index is 0.00398. The molecule has 0 amide bonds. The zero-order chi connectivity index (χ0) is 15.1. The molecule has 0 saturated carbocycles. The minimum atomic E-state index is -0.651. The molecule has 0 unspecified atom stereocenters. The van der Waals surface area contributed by atoms with Crippen molar-refractivity contribution in [1.82, 2.24) is 0 Å². The molecule has 0 aliphatic heterocycles. The fourth-order valence-electron chi connectivity index (χ4n) is 1.46. The molecule has 1 aromatic carbocycles. The Balaban J connectivity index is 3.04. The lowest BCUT2D eigenvalue weighted by atomic mass is 10.1. The van der Waals surface area contributed by atoms with E-state index in [9.17, 15) is 9.59 Å². The van der Waals surface area contributed by atoms with Crippen molar-refractivity contribution in [2.24, 2.45) is 0 Å². The van der Waals surface area contributed by atoms with Crippen LogP contribution in [-0.4, -0.2) is 26.2 Å². The summed E-state index contributed by atoms with van der Waals surface area (Å²) < 4.78 is 9.92. The van der Waals surface area contributed by atoms with Crippen LogP contribution in [0.1, 0.15) is 12.5 Å². The summed E-state index contributed by atoms with van der Waals surface area (Å²) in [6.45, 7) is 2.05. The van der Waals surface area contributed by atoms with E-state index >= 15 is 0 Å². The number of hydrogen-bond acceptors (Lipinski definition) is 5. The van der Waals surface area contributed by atoms with Gasteiger partial charge in [-0.2, -0.15) is 0 Å². The van der Waals surface area contributed by atoms with Gasteiger partial charge in [0.1, 0.15) is 5.70 Å². The second-order valence-electron chi connectivity index (χ2n) is 3.87. The van der Waals surface area contributed by atoms with E-state index in [1.165, 1.54) is 14.2 Å². The van der Waals surface area contributed by atoms with E-state index in [4.69, 9.17) is 0 Å². The highest BCUT2D eigenvalue weighted by Gasteiger charge is 2.14. The van der Waals surface area contributed by atoms with Crippen LogP contribution in [0.15, 0.2) is 34.4 Å². The number of anilines is 1. The van der Waals surface area contributed by atoms with E-state index in [1.807, 2.05) is 25.1 Å². The predicted octanol–water partition coefficient (Wildman–Crippen LogP) is 2.65. The monoisotopic (exact) mass is 341 g/mol. The number of carbonyl (C=O) groups is 2. The van der Waals surface area contributed by atoms with Gasteiger partial charge in [-0.15, -0.1) is 0 Å². The quantitative estimate of drug-likeness (QED) is 0.658. The average Bonchev–Trinajstić information content (AvgIpc) is 2.47. The van der Waals surface area contributed by atoms with Gasteiger partial charge in [-0.25, -0.2) is 9.59 Å². The summed E-state index contributed by atoms with van der Waals surface area (Å²) in [5.74, 6) is -1.29. The van der Waals surface area contributed by atoms with E-state index in [1.54, 1.807) is 0 Å². The number of methoxy groups -OCH3 is 2. The summed E-state index contributed by atoms with van der Waals surface area (Å²) in [5, 5.41) is 2.85. The third-order valence-electron chi connectivity index (χ3n) is 2.58. The van der Waals surface area contributed by atoms with Crippen molar-refractivity contribution in [2.75, 3.05) is 19.5 Å². The Morgan fingerprint density at radius 3 is 2.50 bits per heavy atom. The number of hydrogen-bond donors (Lipinski definition) is 1. The summed E-state index contributed by atoms with van der Waals surface area (Å²) in [5.41, 5.74) is 1.81. The highest BCUT2D eigenvalue weighted by atomic mass is 79.9.